The predicted molar refractivity (Wildman–Crippen MR) is 85.4 cm³/mol. The fourth-order valence-electron chi connectivity index (χ4n) is 2.84. The monoisotopic (exact) mass is 280 g/mol. The highest BCUT2D eigenvalue weighted by molar-refractivity contribution is 6.00. The smallest absolute Gasteiger partial charge is 0.231 e. The first kappa shape index (κ1) is 13.8. The molecule has 0 aromatic heterocycles. The minimum Gasteiger partial charge on any atom is -0.320 e. The summed E-state index contributed by atoms with van der Waals surface area (Å²) in [4.78, 5) is 13.5. The number of fused-ring (bicyclic) bond motifs is 1. The third kappa shape index (κ3) is 2.45. The zero-order valence-corrected chi connectivity index (χ0v) is 12.5. The van der Waals surface area contributed by atoms with Gasteiger partial charge in [-0.15, -0.1) is 0 Å². The van der Waals surface area contributed by atoms with Gasteiger partial charge in [0, 0.05) is 12.7 Å². The van der Waals surface area contributed by atoms with Gasteiger partial charge in [-0.2, -0.15) is 0 Å². The molecule has 3 nitrogen and oxygen atoms in total. The summed E-state index contributed by atoms with van der Waals surface area (Å²) in [5.41, 5.74) is 11.9. The van der Waals surface area contributed by atoms with Crippen LogP contribution >= 0.6 is 0 Å². The number of aryl methyl sites for hydroxylation is 1. The highest BCUT2D eigenvalue weighted by Crippen LogP contribution is 2.31. The molecule has 1 aliphatic rings. The van der Waals surface area contributed by atoms with Crippen LogP contribution in [-0.4, -0.2) is 13.0 Å². The van der Waals surface area contributed by atoms with Crippen LogP contribution in [0.15, 0.2) is 42.5 Å². The Morgan fingerprint density at radius 1 is 1.14 bits per heavy atom. The Labute approximate surface area is 125 Å². The molecule has 108 valence electrons. The quantitative estimate of drug-likeness (QED) is 0.939. The SMILES string of the molecule is CCc1ccc(C(N)c2ccc3c(c2)CC(=O)N3C)cc1. The lowest BCUT2D eigenvalue weighted by molar-refractivity contribution is -0.117. The van der Waals surface area contributed by atoms with Crippen molar-refractivity contribution in [3.8, 4) is 0 Å². The first-order chi connectivity index (χ1) is 10.1. The maximum absolute atomic E-state index is 11.7. The number of benzene rings is 2. The van der Waals surface area contributed by atoms with Crippen molar-refractivity contribution in [2.24, 2.45) is 5.73 Å². The van der Waals surface area contributed by atoms with E-state index >= 15 is 0 Å². The van der Waals surface area contributed by atoms with Gasteiger partial charge in [0.25, 0.3) is 0 Å². The number of hydrogen-bond acceptors (Lipinski definition) is 2. The molecule has 3 heteroatoms. The van der Waals surface area contributed by atoms with Crippen molar-refractivity contribution in [1.29, 1.82) is 0 Å². The number of carbonyl (C=O) groups is 1. The Morgan fingerprint density at radius 3 is 2.48 bits per heavy atom. The number of carbonyl (C=O) groups excluding carboxylic acids is 1. The molecule has 21 heavy (non-hydrogen) atoms. The van der Waals surface area contributed by atoms with Crippen molar-refractivity contribution < 1.29 is 4.79 Å². The second kappa shape index (κ2) is 5.34. The van der Waals surface area contributed by atoms with Crippen molar-refractivity contribution >= 4 is 11.6 Å². The zero-order chi connectivity index (χ0) is 15.0. The standard InChI is InChI=1S/C18H20N2O/c1-3-12-4-6-13(7-5-12)18(19)14-8-9-16-15(10-14)11-17(21)20(16)2/h4-10,18H,3,11,19H2,1-2H3. The van der Waals surface area contributed by atoms with Crippen LogP contribution in [-0.2, 0) is 17.6 Å². The highest BCUT2D eigenvalue weighted by Gasteiger charge is 2.24. The molecule has 3 rings (SSSR count). The summed E-state index contributed by atoms with van der Waals surface area (Å²) in [6, 6.07) is 14.4. The van der Waals surface area contributed by atoms with Gasteiger partial charge in [-0.3, -0.25) is 4.79 Å². The van der Waals surface area contributed by atoms with Crippen LogP contribution in [0.5, 0.6) is 0 Å². The molecule has 2 N–H and O–H groups in total. The van der Waals surface area contributed by atoms with Gasteiger partial charge in [0.2, 0.25) is 5.91 Å². The van der Waals surface area contributed by atoms with E-state index in [0.29, 0.717) is 6.42 Å². The van der Waals surface area contributed by atoms with Crippen molar-refractivity contribution in [1.82, 2.24) is 0 Å². The lowest BCUT2D eigenvalue weighted by Crippen LogP contribution is -2.20. The van der Waals surface area contributed by atoms with Crippen LogP contribution in [0.4, 0.5) is 5.69 Å². The molecule has 2 aromatic carbocycles. The molecule has 0 fully saturated rings. The van der Waals surface area contributed by atoms with E-state index < -0.39 is 0 Å². The third-order valence-corrected chi connectivity index (χ3v) is 4.29. The number of rotatable bonds is 3. The molecule has 1 unspecified atom stereocenters. The van der Waals surface area contributed by atoms with Gasteiger partial charge >= 0.3 is 0 Å². The van der Waals surface area contributed by atoms with Crippen molar-refractivity contribution in [2.45, 2.75) is 25.8 Å². The van der Waals surface area contributed by atoms with E-state index in [2.05, 4.69) is 37.3 Å². The molecule has 0 radical (unpaired) electrons. The highest BCUT2D eigenvalue weighted by atomic mass is 16.2. The van der Waals surface area contributed by atoms with Crippen LogP contribution in [0.2, 0.25) is 0 Å². The van der Waals surface area contributed by atoms with Gasteiger partial charge in [0.1, 0.15) is 0 Å². The Morgan fingerprint density at radius 2 is 1.81 bits per heavy atom. The molecule has 1 atom stereocenters. The largest absolute Gasteiger partial charge is 0.320 e. The topological polar surface area (TPSA) is 46.3 Å². The van der Waals surface area contributed by atoms with E-state index in [0.717, 1.165) is 28.8 Å². The third-order valence-electron chi connectivity index (χ3n) is 4.29. The van der Waals surface area contributed by atoms with Gasteiger partial charge in [-0.05, 0) is 34.7 Å². The summed E-state index contributed by atoms with van der Waals surface area (Å²) < 4.78 is 0. The Hall–Kier alpha value is -2.13. The molecule has 1 heterocycles. The minimum atomic E-state index is -0.151. The summed E-state index contributed by atoms with van der Waals surface area (Å²) in [6.07, 6.45) is 1.50. The molecule has 2 aromatic rings. The minimum absolute atomic E-state index is 0.142. The molecule has 0 spiro atoms. The van der Waals surface area contributed by atoms with E-state index in [1.54, 1.807) is 4.90 Å². The van der Waals surface area contributed by atoms with Crippen molar-refractivity contribution in [2.75, 3.05) is 11.9 Å². The summed E-state index contributed by atoms with van der Waals surface area (Å²) in [5.74, 6) is 0.142. The van der Waals surface area contributed by atoms with E-state index in [-0.39, 0.29) is 11.9 Å². The summed E-state index contributed by atoms with van der Waals surface area (Å²) in [5, 5.41) is 0. The Balaban J connectivity index is 1.90. The van der Waals surface area contributed by atoms with Gasteiger partial charge < -0.3 is 10.6 Å². The summed E-state index contributed by atoms with van der Waals surface area (Å²) in [7, 11) is 1.82. The summed E-state index contributed by atoms with van der Waals surface area (Å²) >= 11 is 0. The molecule has 0 saturated heterocycles. The maximum atomic E-state index is 11.7. The van der Waals surface area contributed by atoms with Gasteiger partial charge in [-0.25, -0.2) is 0 Å². The average Bonchev–Trinajstić information content (AvgIpc) is 2.81. The Kier molecular flexibility index (Phi) is 3.52. The second-order valence-electron chi connectivity index (χ2n) is 5.59. The maximum Gasteiger partial charge on any atom is 0.231 e. The van der Waals surface area contributed by atoms with Crippen molar-refractivity contribution in [3.05, 3.63) is 64.7 Å². The molecular weight excluding hydrogens is 260 g/mol. The van der Waals surface area contributed by atoms with Crippen molar-refractivity contribution in [3.63, 3.8) is 0 Å². The zero-order valence-electron chi connectivity index (χ0n) is 12.5. The fraction of sp³-hybridized carbons (Fsp3) is 0.278. The fourth-order valence-corrected chi connectivity index (χ4v) is 2.84. The first-order valence-corrected chi connectivity index (χ1v) is 7.34. The lowest BCUT2D eigenvalue weighted by Gasteiger charge is -2.15. The number of anilines is 1. The van der Waals surface area contributed by atoms with E-state index in [1.807, 2.05) is 19.2 Å². The molecule has 0 bridgehead atoms. The molecule has 1 amide bonds. The van der Waals surface area contributed by atoms with Crippen LogP contribution in [0, 0.1) is 0 Å². The van der Waals surface area contributed by atoms with Gasteiger partial charge in [0.15, 0.2) is 0 Å². The van der Waals surface area contributed by atoms with Crippen LogP contribution in [0.25, 0.3) is 0 Å². The molecule has 0 aliphatic carbocycles. The number of nitrogens with two attached hydrogens (primary N) is 1. The predicted octanol–water partition coefficient (Wildman–Crippen LogP) is 2.82. The molecule has 1 aliphatic heterocycles. The second-order valence-corrected chi connectivity index (χ2v) is 5.59. The van der Waals surface area contributed by atoms with E-state index in [1.165, 1.54) is 5.56 Å². The first-order valence-electron chi connectivity index (χ1n) is 7.34. The van der Waals surface area contributed by atoms with Crippen LogP contribution < -0.4 is 10.6 Å². The number of amides is 1. The van der Waals surface area contributed by atoms with Crippen LogP contribution in [0.1, 0.15) is 35.2 Å². The van der Waals surface area contributed by atoms with E-state index in [9.17, 15) is 4.79 Å². The number of hydrogen-bond donors (Lipinski definition) is 1. The lowest BCUT2D eigenvalue weighted by atomic mass is 9.96. The molecule has 0 saturated carbocycles. The van der Waals surface area contributed by atoms with Gasteiger partial charge in [-0.1, -0.05) is 43.3 Å². The average molecular weight is 280 g/mol. The van der Waals surface area contributed by atoms with E-state index in [4.69, 9.17) is 5.73 Å². The number of likely N-dealkylation sites (N-methyl/N-ethyl adjacent to an activating group) is 1. The van der Waals surface area contributed by atoms with Gasteiger partial charge in [0.05, 0.1) is 12.5 Å². The molecular formula is C18H20N2O. The van der Waals surface area contributed by atoms with Crippen LogP contribution in [0.3, 0.4) is 0 Å². The normalized spacial score (nSPS) is 15.2. The number of nitrogens with zero attached hydrogens (tertiary/aromatic N) is 1. The Bertz CT molecular complexity index is 676. The summed E-state index contributed by atoms with van der Waals surface area (Å²) in [6.45, 7) is 2.14.